The summed E-state index contributed by atoms with van der Waals surface area (Å²) < 4.78 is 0. The van der Waals surface area contributed by atoms with Crippen LogP contribution in [0.3, 0.4) is 0 Å². The molecule has 0 unspecified atom stereocenters. The van der Waals surface area contributed by atoms with Crippen molar-refractivity contribution in [3.63, 3.8) is 0 Å². The molecule has 0 saturated heterocycles. The maximum absolute atomic E-state index is 11.7. The van der Waals surface area contributed by atoms with Crippen molar-refractivity contribution in [1.29, 1.82) is 0 Å². The van der Waals surface area contributed by atoms with Gasteiger partial charge in [-0.25, -0.2) is 0 Å². The van der Waals surface area contributed by atoms with Crippen LogP contribution in [0.15, 0.2) is 54.7 Å². The average molecular weight is 266 g/mol. The first-order valence-electron chi connectivity index (χ1n) is 6.66. The molecule has 1 amide bonds. The van der Waals surface area contributed by atoms with Gasteiger partial charge in [-0.1, -0.05) is 35.9 Å². The molecule has 2 rings (SSSR count). The van der Waals surface area contributed by atoms with E-state index in [4.69, 9.17) is 0 Å². The Bertz CT molecular complexity index is 574. The molecule has 0 atom stereocenters. The lowest BCUT2D eigenvalue weighted by molar-refractivity contribution is -0.116. The molecule has 3 heteroatoms. The average Bonchev–Trinajstić information content (AvgIpc) is 2.48. The smallest absolute Gasteiger partial charge is 0.244 e. The highest BCUT2D eigenvalue weighted by molar-refractivity contribution is 5.91. The number of rotatable bonds is 5. The number of hydrogen-bond donors (Lipinski definition) is 1. The van der Waals surface area contributed by atoms with Gasteiger partial charge >= 0.3 is 0 Å². The van der Waals surface area contributed by atoms with Crippen LogP contribution >= 0.6 is 0 Å². The summed E-state index contributed by atoms with van der Waals surface area (Å²) in [6.07, 6.45) is 5.87. The van der Waals surface area contributed by atoms with Gasteiger partial charge in [0.1, 0.15) is 0 Å². The largest absolute Gasteiger partial charge is 0.352 e. The molecule has 0 bridgehead atoms. The molecule has 0 spiro atoms. The lowest BCUT2D eigenvalue weighted by atomic mass is 10.1. The van der Waals surface area contributed by atoms with Crippen molar-refractivity contribution >= 4 is 12.0 Å². The van der Waals surface area contributed by atoms with E-state index < -0.39 is 0 Å². The number of nitrogens with zero attached hydrogens (tertiary/aromatic N) is 1. The Hall–Kier alpha value is -2.42. The third kappa shape index (κ3) is 4.69. The maximum atomic E-state index is 11.7. The van der Waals surface area contributed by atoms with Crippen LogP contribution in [0.4, 0.5) is 0 Å². The Kier molecular flexibility index (Phi) is 5.07. The molecule has 2 aromatic rings. The maximum Gasteiger partial charge on any atom is 0.244 e. The highest BCUT2D eigenvalue weighted by atomic mass is 16.1. The van der Waals surface area contributed by atoms with Gasteiger partial charge in [0, 0.05) is 30.9 Å². The van der Waals surface area contributed by atoms with Gasteiger partial charge in [0.2, 0.25) is 5.91 Å². The van der Waals surface area contributed by atoms with Crippen LogP contribution in [0.5, 0.6) is 0 Å². The Balaban J connectivity index is 1.76. The number of carbonyl (C=O) groups is 1. The van der Waals surface area contributed by atoms with Crippen molar-refractivity contribution in [3.05, 3.63) is 71.6 Å². The zero-order chi connectivity index (χ0) is 14.2. The van der Waals surface area contributed by atoms with Gasteiger partial charge in [0.05, 0.1) is 0 Å². The fourth-order valence-corrected chi connectivity index (χ4v) is 1.77. The predicted octanol–water partition coefficient (Wildman–Crippen LogP) is 2.76. The van der Waals surface area contributed by atoms with Crippen molar-refractivity contribution in [3.8, 4) is 0 Å². The molecular formula is C17H18N2O. The second-order valence-electron chi connectivity index (χ2n) is 4.61. The van der Waals surface area contributed by atoms with Crippen LogP contribution in [0.2, 0.25) is 0 Å². The Morgan fingerprint density at radius 2 is 2.00 bits per heavy atom. The summed E-state index contributed by atoms with van der Waals surface area (Å²) in [5.74, 6) is -0.0819. The van der Waals surface area contributed by atoms with E-state index in [1.807, 2.05) is 55.5 Å². The molecule has 0 fully saturated rings. The first kappa shape index (κ1) is 14.0. The zero-order valence-corrected chi connectivity index (χ0v) is 11.5. The standard InChI is InChI=1S/C17H18N2O/c1-14-5-7-15(8-6-14)9-10-17(20)19-13-11-16-4-2-3-12-18-16/h2-10,12H,11,13H2,1H3,(H,19,20)/b10-9+. The van der Waals surface area contributed by atoms with Gasteiger partial charge in [-0.05, 0) is 30.7 Å². The van der Waals surface area contributed by atoms with E-state index in [0.29, 0.717) is 6.54 Å². The molecule has 0 aliphatic heterocycles. The number of hydrogen-bond acceptors (Lipinski definition) is 2. The number of benzene rings is 1. The van der Waals surface area contributed by atoms with Crippen LogP contribution in [0.1, 0.15) is 16.8 Å². The summed E-state index contributed by atoms with van der Waals surface area (Å²) >= 11 is 0. The molecule has 0 aliphatic carbocycles. The van der Waals surface area contributed by atoms with E-state index in [0.717, 1.165) is 17.7 Å². The van der Waals surface area contributed by atoms with Gasteiger partial charge in [-0.2, -0.15) is 0 Å². The summed E-state index contributed by atoms with van der Waals surface area (Å²) in [7, 11) is 0. The Morgan fingerprint density at radius 3 is 2.70 bits per heavy atom. The van der Waals surface area contributed by atoms with Crippen molar-refractivity contribution in [2.24, 2.45) is 0 Å². The quantitative estimate of drug-likeness (QED) is 0.845. The number of carbonyl (C=O) groups excluding carboxylic acids is 1. The fraction of sp³-hybridized carbons (Fsp3) is 0.176. The van der Waals surface area contributed by atoms with E-state index in [2.05, 4.69) is 10.3 Å². The van der Waals surface area contributed by atoms with Crippen LogP contribution in [0.25, 0.3) is 6.08 Å². The minimum atomic E-state index is -0.0819. The monoisotopic (exact) mass is 266 g/mol. The second-order valence-corrected chi connectivity index (χ2v) is 4.61. The molecule has 0 aliphatic rings. The first-order valence-corrected chi connectivity index (χ1v) is 6.66. The van der Waals surface area contributed by atoms with Gasteiger partial charge in [0.25, 0.3) is 0 Å². The molecule has 0 saturated carbocycles. The summed E-state index contributed by atoms with van der Waals surface area (Å²) in [5.41, 5.74) is 3.22. The molecule has 102 valence electrons. The zero-order valence-electron chi connectivity index (χ0n) is 11.5. The third-order valence-corrected chi connectivity index (χ3v) is 2.91. The highest BCUT2D eigenvalue weighted by Gasteiger charge is 1.97. The lowest BCUT2D eigenvalue weighted by Gasteiger charge is -2.01. The van der Waals surface area contributed by atoms with Gasteiger partial charge in [-0.3, -0.25) is 9.78 Å². The first-order chi connectivity index (χ1) is 9.74. The van der Waals surface area contributed by atoms with E-state index in [1.54, 1.807) is 12.3 Å². The molecule has 20 heavy (non-hydrogen) atoms. The Morgan fingerprint density at radius 1 is 1.20 bits per heavy atom. The van der Waals surface area contributed by atoms with Crippen LogP contribution < -0.4 is 5.32 Å². The summed E-state index contributed by atoms with van der Waals surface area (Å²) in [6, 6.07) is 13.8. The highest BCUT2D eigenvalue weighted by Crippen LogP contribution is 2.04. The predicted molar refractivity (Wildman–Crippen MR) is 81.2 cm³/mol. The minimum absolute atomic E-state index is 0.0819. The Labute approximate surface area is 119 Å². The summed E-state index contributed by atoms with van der Waals surface area (Å²) in [6.45, 7) is 2.63. The summed E-state index contributed by atoms with van der Waals surface area (Å²) in [5, 5.41) is 2.85. The number of pyridine rings is 1. The number of amides is 1. The number of nitrogens with one attached hydrogen (secondary N) is 1. The lowest BCUT2D eigenvalue weighted by Crippen LogP contribution is -2.23. The number of aryl methyl sites for hydroxylation is 1. The SMILES string of the molecule is Cc1ccc(/C=C/C(=O)NCCc2ccccn2)cc1. The molecule has 1 N–H and O–H groups in total. The topological polar surface area (TPSA) is 42.0 Å². The van der Waals surface area contributed by atoms with Gasteiger partial charge in [-0.15, -0.1) is 0 Å². The number of aromatic nitrogens is 1. The molecule has 1 aromatic carbocycles. The van der Waals surface area contributed by atoms with Crippen LogP contribution in [-0.2, 0) is 11.2 Å². The fourth-order valence-electron chi connectivity index (χ4n) is 1.77. The second kappa shape index (κ2) is 7.24. The van der Waals surface area contributed by atoms with Crippen molar-refractivity contribution in [2.45, 2.75) is 13.3 Å². The van der Waals surface area contributed by atoms with E-state index in [9.17, 15) is 4.79 Å². The van der Waals surface area contributed by atoms with E-state index >= 15 is 0 Å². The van der Waals surface area contributed by atoms with Crippen LogP contribution in [-0.4, -0.2) is 17.4 Å². The molecule has 1 aromatic heterocycles. The van der Waals surface area contributed by atoms with Gasteiger partial charge in [0.15, 0.2) is 0 Å². The van der Waals surface area contributed by atoms with E-state index in [-0.39, 0.29) is 5.91 Å². The van der Waals surface area contributed by atoms with Gasteiger partial charge < -0.3 is 5.32 Å². The van der Waals surface area contributed by atoms with Crippen molar-refractivity contribution < 1.29 is 4.79 Å². The van der Waals surface area contributed by atoms with Crippen molar-refractivity contribution in [1.82, 2.24) is 10.3 Å². The molecule has 0 radical (unpaired) electrons. The third-order valence-electron chi connectivity index (χ3n) is 2.91. The van der Waals surface area contributed by atoms with Crippen molar-refractivity contribution in [2.75, 3.05) is 6.54 Å². The molecule has 1 heterocycles. The van der Waals surface area contributed by atoms with E-state index in [1.165, 1.54) is 5.56 Å². The van der Waals surface area contributed by atoms with Crippen LogP contribution in [0, 0.1) is 6.92 Å². The normalized spacial score (nSPS) is 10.7. The molecular weight excluding hydrogens is 248 g/mol. The minimum Gasteiger partial charge on any atom is -0.352 e. The summed E-state index contributed by atoms with van der Waals surface area (Å²) in [4.78, 5) is 15.9. The molecule has 3 nitrogen and oxygen atoms in total.